The molecule has 1 fully saturated rings. The van der Waals surface area contributed by atoms with E-state index >= 15 is 0 Å². The normalized spacial score (nSPS) is 18.0. The highest BCUT2D eigenvalue weighted by atomic mass is 32.1. The summed E-state index contributed by atoms with van der Waals surface area (Å²) >= 11 is 1.49. The molecular formula is C20H26N2O2S. The molecule has 134 valence electrons. The average molecular weight is 359 g/mol. The van der Waals surface area contributed by atoms with Crippen LogP contribution in [0.25, 0.3) is 0 Å². The standard InChI is InChI=1S/C20H26N2O2S/c1-2-24-18-9-4-3-8-17(18)15-22-11-5-7-16(14-22)13-21-20(23)19-10-6-12-25-19/h3-4,6,8-10,12,16H,2,5,7,11,13-15H2,1H3,(H,21,23). The fourth-order valence-corrected chi connectivity index (χ4v) is 4.01. The van der Waals surface area contributed by atoms with Gasteiger partial charge in [-0.3, -0.25) is 9.69 Å². The topological polar surface area (TPSA) is 41.6 Å². The van der Waals surface area contributed by atoms with Crippen molar-refractivity contribution in [2.75, 3.05) is 26.2 Å². The van der Waals surface area contributed by atoms with E-state index in [0.717, 1.165) is 36.8 Å². The van der Waals surface area contributed by atoms with Crippen LogP contribution in [-0.4, -0.2) is 37.0 Å². The van der Waals surface area contributed by atoms with Gasteiger partial charge in [0.25, 0.3) is 5.91 Å². The summed E-state index contributed by atoms with van der Waals surface area (Å²) in [5.41, 5.74) is 1.24. The van der Waals surface area contributed by atoms with E-state index in [1.165, 1.54) is 29.7 Å². The van der Waals surface area contributed by atoms with Gasteiger partial charge in [-0.1, -0.05) is 24.3 Å². The smallest absolute Gasteiger partial charge is 0.261 e. The van der Waals surface area contributed by atoms with E-state index in [9.17, 15) is 4.79 Å². The fraction of sp³-hybridized carbons (Fsp3) is 0.450. The molecule has 1 aromatic carbocycles. The second-order valence-electron chi connectivity index (χ2n) is 6.47. The quantitative estimate of drug-likeness (QED) is 0.819. The van der Waals surface area contributed by atoms with Gasteiger partial charge in [0.2, 0.25) is 0 Å². The van der Waals surface area contributed by atoms with Crippen molar-refractivity contribution in [1.82, 2.24) is 10.2 Å². The molecule has 0 bridgehead atoms. The highest BCUT2D eigenvalue weighted by Gasteiger charge is 2.21. The minimum atomic E-state index is 0.0498. The van der Waals surface area contributed by atoms with Crippen LogP contribution in [0, 0.1) is 5.92 Å². The molecule has 1 unspecified atom stereocenters. The maximum Gasteiger partial charge on any atom is 0.261 e. The molecule has 3 rings (SSSR count). The maximum absolute atomic E-state index is 12.1. The van der Waals surface area contributed by atoms with Crippen molar-refractivity contribution in [2.45, 2.75) is 26.3 Å². The molecule has 0 radical (unpaired) electrons. The van der Waals surface area contributed by atoms with Crippen LogP contribution in [0.5, 0.6) is 5.75 Å². The molecule has 0 spiro atoms. The Kier molecular flexibility index (Phi) is 6.48. The van der Waals surface area contributed by atoms with Crippen LogP contribution in [0.2, 0.25) is 0 Å². The Hall–Kier alpha value is -1.85. The van der Waals surface area contributed by atoms with E-state index in [-0.39, 0.29) is 5.91 Å². The Bertz CT molecular complexity index is 672. The van der Waals surface area contributed by atoms with Crippen molar-refractivity contribution in [2.24, 2.45) is 5.92 Å². The van der Waals surface area contributed by atoms with E-state index in [1.54, 1.807) is 0 Å². The molecule has 25 heavy (non-hydrogen) atoms. The maximum atomic E-state index is 12.1. The van der Waals surface area contributed by atoms with Crippen molar-refractivity contribution in [1.29, 1.82) is 0 Å². The van der Waals surface area contributed by atoms with Crippen molar-refractivity contribution in [3.63, 3.8) is 0 Å². The summed E-state index contributed by atoms with van der Waals surface area (Å²) in [6.07, 6.45) is 2.35. The third-order valence-electron chi connectivity index (χ3n) is 4.57. The van der Waals surface area contributed by atoms with E-state index in [1.807, 2.05) is 36.6 Å². The second kappa shape index (κ2) is 9.02. The molecule has 1 saturated heterocycles. The van der Waals surface area contributed by atoms with Gasteiger partial charge < -0.3 is 10.1 Å². The lowest BCUT2D eigenvalue weighted by molar-refractivity contribution is 0.0934. The Balaban J connectivity index is 1.52. The minimum Gasteiger partial charge on any atom is -0.494 e. The van der Waals surface area contributed by atoms with E-state index in [2.05, 4.69) is 22.3 Å². The molecule has 4 nitrogen and oxygen atoms in total. The second-order valence-corrected chi connectivity index (χ2v) is 7.42. The number of ether oxygens (including phenoxy) is 1. The summed E-state index contributed by atoms with van der Waals surface area (Å²) < 4.78 is 5.74. The highest BCUT2D eigenvalue weighted by Crippen LogP contribution is 2.23. The number of carbonyl (C=O) groups excluding carboxylic acids is 1. The van der Waals surface area contributed by atoms with Gasteiger partial charge in [0.05, 0.1) is 11.5 Å². The molecule has 1 aliphatic heterocycles. The number of rotatable bonds is 7. The Morgan fingerprint density at radius 1 is 1.32 bits per heavy atom. The van der Waals surface area contributed by atoms with Crippen molar-refractivity contribution in [3.05, 3.63) is 52.2 Å². The van der Waals surface area contributed by atoms with Crippen molar-refractivity contribution >= 4 is 17.2 Å². The predicted molar refractivity (Wildman–Crippen MR) is 102 cm³/mol. The molecule has 0 saturated carbocycles. The third kappa shape index (κ3) is 5.06. The van der Waals surface area contributed by atoms with Crippen LogP contribution in [0.1, 0.15) is 35.0 Å². The first-order valence-corrected chi connectivity index (χ1v) is 9.89. The zero-order valence-corrected chi connectivity index (χ0v) is 15.6. The summed E-state index contributed by atoms with van der Waals surface area (Å²) in [6.45, 7) is 6.49. The number of benzene rings is 1. The van der Waals surface area contributed by atoms with Gasteiger partial charge in [-0.2, -0.15) is 0 Å². The number of carbonyl (C=O) groups is 1. The molecule has 1 aliphatic rings. The lowest BCUT2D eigenvalue weighted by Crippen LogP contribution is -2.40. The van der Waals surface area contributed by atoms with Gasteiger partial charge >= 0.3 is 0 Å². The number of likely N-dealkylation sites (tertiary alicyclic amines) is 1. The minimum absolute atomic E-state index is 0.0498. The molecule has 1 amide bonds. The number of amides is 1. The molecular weight excluding hydrogens is 332 g/mol. The van der Waals surface area contributed by atoms with E-state index in [4.69, 9.17) is 4.74 Å². The summed E-state index contributed by atoms with van der Waals surface area (Å²) in [4.78, 5) is 15.4. The van der Waals surface area contributed by atoms with Gasteiger partial charge in [0.1, 0.15) is 5.75 Å². The summed E-state index contributed by atoms with van der Waals surface area (Å²) in [7, 11) is 0. The van der Waals surface area contributed by atoms with Crippen LogP contribution in [0.3, 0.4) is 0 Å². The Morgan fingerprint density at radius 2 is 2.20 bits per heavy atom. The number of para-hydroxylation sites is 1. The van der Waals surface area contributed by atoms with Gasteiger partial charge in [0.15, 0.2) is 0 Å². The zero-order chi connectivity index (χ0) is 17.5. The summed E-state index contributed by atoms with van der Waals surface area (Å²) in [5.74, 6) is 1.55. The predicted octanol–water partition coefficient (Wildman–Crippen LogP) is 3.79. The van der Waals surface area contributed by atoms with Gasteiger partial charge in [-0.05, 0) is 49.7 Å². The highest BCUT2D eigenvalue weighted by molar-refractivity contribution is 7.12. The number of hydrogen-bond acceptors (Lipinski definition) is 4. The van der Waals surface area contributed by atoms with E-state index < -0.39 is 0 Å². The number of nitrogens with one attached hydrogen (secondary N) is 1. The van der Waals surface area contributed by atoms with Crippen molar-refractivity contribution < 1.29 is 9.53 Å². The van der Waals surface area contributed by atoms with Crippen LogP contribution >= 0.6 is 11.3 Å². The van der Waals surface area contributed by atoms with E-state index in [0.29, 0.717) is 12.5 Å². The van der Waals surface area contributed by atoms with Gasteiger partial charge in [0, 0.05) is 25.2 Å². The van der Waals surface area contributed by atoms with Gasteiger partial charge in [-0.25, -0.2) is 0 Å². The van der Waals surface area contributed by atoms with Crippen molar-refractivity contribution in [3.8, 4) is 5.75 Å². The first-order valence-electron chi connectivity index (χ1n) is 9.01. The molecule has 0 aliphatic carbocycles. The van der Waals surface area contributed by atoms with Crippen LogP contribution in [0.4, 0.5) is 0 Å². The molecule has 1 atom stereocenters. The fourth-order valence-electron chi connectivity index (χ4n) is 3.37. The lowest BCUT2D eigenvalue weighted by atomic mass is 9.97. The summed E-state index contributed by atoms with van der Waals surface area (Å²) in [6, 6.07) is 12.1. The number of piperidine rings is 1. The summed E-state index contributed by atoms with van der Waals surface area (Å²) in [5, 5.41) is 5.03. The van der Waals surface area contributed by atoms with Gasteiger partial charge in [-0.15, -0.1) is 11.3 Å². The van der Waals surface area contributed by atoms with Crippen LogP contribution in [0.15, 0.2) is 41.8 Å². The molecule has 2 heterocycles. The number of thiophene rings is 1. The number of hydrogen-bond donors (Lipinski definition) is 1. The zero-order valence-electron chi connectivity index (χ0n) is 14.7. The monoisotopic (exact) mass is 358 g/mol. The molecule has 1 N–H and O–H groups in total. The molecule has 5 heteroatoms. The Labute approximate surface area is 153 Å². The van der Waals surface area contributed by atoms with Crippen LogP contribution < -0.4 is 10.1 Å². The average Bonchev–Trinajstić information content (AvgIpc) is 3.17. The van der Waals surface area contributed by atoms with Crippen LogP contribution in [-0.2, 0) is 6.54 Å². The Morgan fingerprint density at radius 3 is 3.00 bits per heavy atom. The third-order valence-corrected chi connectivity index (χ3v) is 5.43. The SMILES string of the molecule is CCOc1ccccc1CN1CCCC(CNC(=O)c2cccs2)C1. The molecule has 2 aromatic rings. The number of nitrogens with zero attached hydrogens (tertiary/aromatic N) is 1. The largest absolute Gasteiger partial charge is 0.494 e. The molecule has 1 aromatic heterocycles. The first kappa shape index (κ1) is 18.0. The first-order chi connectivity index (χ1) is 12.3. The lowest BCUT2D eigenvalue weighted by Gasteiger charge is -2.33.